The lowest BCUT2D eigenvalue weighted by molar-refractivity contribution is -0.00686. The van der Waals surface area contributed by atoms with Gasteiger partial charge in [-0.25, -0.2) is 23.5 Å². The molecule has 0 aromatic carbocycles. The third-order valence-corrected chi connectivity index (χ3v) is 6.65. The summed E-state index contributed by atoms with van der Waals surface area (Å²) < 4.78 is 34.6. The van der Waals surface area contributed by atoms with E-state index in [0.717, 1.165) is 0 Å². The average molecular weight is 486 g/mol. The molecule has 10 heteroatoms. The second-order valence-electron chi connectivity index (χ2n) is 9.17. The van der Waals surface area contributed by atoms with Crippen LogP contribution in [-0.2, 0) is 4.74 Å². The van der Waals surface area contributed by atoms with E-state index in [-0.39, 0.29) is 12.1 Å². The molecule has 0 bridgehead atoms. The second kappa shape index (κ2) is 7.91. The third-order valence-electron chi connectivity index (χ3n) is 5.70. The van der Waals surface area contributed by atoms with Gasteiger partial charge in [0, 0.05) is 32.0 Å². The summed E-state index contributed by atoms with van der Waals surface area (Å²) in [6, 6.07) is 1.38. The molecule has 1 saturated carbocycles. The van der Waals surface area contributed by atoms with Crippen LogP contribution in [0.4, 0.5) is 19.5 Å². The Morgan fingerprint density at radius 1 is 1.33 bits per heavy atom. The molecule has 1 aromatic rings. The predicted molar refractivity (Wildman–Crippen MR) is 110 cm³/mol. The van der Waals surface area contributed by atoms with E-state index < -0.39 is 35.5 Å². The Bertz CT molecular complexity index is 873. The fourth-order valence-electron chi connectivity index (χ4n) is 4.32. The number of aromatic nitrogens is 2. The van der Waals surface area contributed by atoms with Gasteiger partial charge in [-0.05, 0) is 61.9 Å². The van der Waals surface area contributed by atoms with Crippen molar-refractivity contribution in [1.82, 2.24) is 15.3 Å². The highest BCUT2D eigenvalue weighted by atomic mass is 79.9. The van der Waals surface area contributed by atoms with Crippen molar-refractivity contribution in [3.05, 3.63) is 15.9 Å². The minimum absolute atomic E-state index is 0.245. The molecule has 164 valence electrons. The van der Waals surface area contributed by atoms with Crippen LogP contribution >= 0.6 is 15.9 Å². The number of ether oxygens (including phenoxy) is 1. The van der Waals surface area contributed by atoms with Crippen LogP contribution in [0.3, 0.4) is 0 Å². The van der Waals surface area contributed by atoms with E-state index in [9.17, 15) is 18.8 Å². The molecule has 2 fully saturated rings. The second-order valence-corrected chi connectivity index (χ2v) is 9.96. The first-order valence-corrected chi connectivity index (χ1v) is 10.7. The van der Waals surface area contributed by atoms with E-state index >= 15 is 0 Å². The largest absolute Gasteiger partial charge is 0.444 e. The lowest BCUT2D eigenvalue weighted by Crippen LogP contribution is -2.51. The van der Waals surface area contributed by atoms with Gasteiger partial charge in [0.2, 0.25) is 5.95 Å². The van der Waals surface area contributed by atoms with E-state index in [2.05, 4.69) is 31.2 Å². The number of carbonyl (C=O) groups excluding carboxylic acids is 1. The van der Waals surface area contributed by atoms with Gasteiger partial charge in [0.25, 0.3) is 5.92 Å². The minimum Gasteiger partial charge on any atom is -0.444 e. The molecule has 1 aliphatic heterocycles. The fourth-order valence-corrected chi connectivity index (χ4v) is 4.58. The number of amides is 1. The summed E-state index contributed by atoms with van der Waals surface area (Å²) >= 11 is 3.31. The SMILES string of the molecule is Cc1nc(N2CCC3(CC2)CC(F)(F)C[C@H]3NC(=O)OC(C)(C)C)nc(C#N)c1Br. The molecule has 1 atom stereocenters. The summed E-state index contributed by atoms with van der Waals surface area (Å²) in [5.74, 6) is -2.41. The molecule has 2 heterocycles. The van der Waals surface area contributed by atoms with Crippen LogP contribution in [-0.4, -0.2) is 46.7 Å². The number of hydrogen-bond acceptors (Lipinski definition) is 6. The Morgan fingerprint density at radius 3 is 2.53 bits per heavy atom. The number of carbonyl (C=O) groups is 1. The van der Waals surface area contributed by atoms with E-state index in [4.69, 9.17) is 4.74 Å². The van der Waals surface area contributed by atoms with Gasteiger partial charge in [-0.2, -0.15) is 5.26 Å². The first-order chi connectivity index (χ1) is 13.8. The molecule has 0 unspecified atom stereocenters. The van der Waals surface area contributed by atoms with E-state index in [1.165, 1.54) is 0 Å². The number of hydrogen-bond donors (Lipinski definition) is 1. The van der Waals surface area contributed by atoms with E-state index in [0.29, 0.717) is 42.0 Å². The zero-order valence-corrected chi connectivity index (χ0v) is 19.1. The predicted octanol–water partition coefficient (Wildman–Crippen LogP) is 4.33. The van der Waals surface area contributed by atoms with E-state index in [1.807, 2.05) is 11.0 Å². The van der Waals surface area contributed by atoms with Crippen LogP contribution in [0.2, 0.25) is 0 Å². The Kier molecular flexibility index (Phi) is 5.98. The maximum atomic E-state index is 14.4. The van der Waals surface area contributed by atoms with Gasteiger partial charge in [-0.1, -0.05) is 0 Å². The van der Waals surface area contributed by atoms with Crippen LogP contribution in [0, 0.1) is 23.7 Å². The maximum absolute atomic E-state index is 14.4. The average Bonchev–Trinajstić information content (AvgIpc) is 2.85. The van der Waals surface area contributed by atoms with Crippen LogP contribution in [0.15, 0.2) is 4.47 Å². The van der Waals surface area contributed by atoms with Crippen molar-refractivity contribution in [3.8, 4) is 6.07 Å². The van der Waals surface area contributed by atoms with Gasteiger partial charge in [0.05, 0.1) is 10.2 Å². The maximum Gasteiger partial charge on any atom is 0.407 e. The van der Waals surface area contributed by atoms with Crippen molar-refractivity contribution in [3.63, 3.8) is 0 Å². The van der Waals surface area contributed by atoms with Gasteiger partial charge in [-0.3, -0.25) is 0 Å². The lowest BCUT2D eigenvalue weighted by atomic mass is 9.74. The zero-order valence-electron chi connectivity index (χ0n) is 17.6. The lowest BCUT2D eigenvalue weighted by Gasteiger charge is -2.43. The molecule has 0 radical (unpaired) electrons. The summed E-state index contributed by atoms with van der Waals surface area (Å²) in [4.78, 5) is 22.9. The van der Waals surface area contributed by atoms with Crippen LogP contribution in [0.25, 0.3) is 0 Å². The molecular weight excluding hydrogens is 460 g/mol. The molecule has 30 heavy (non-hydrogen) atoms. The molecule has 1 aliphatic carbocycles. The number of halogens is 3. The molecule has 1 N–H and O–H groups in total. The Labute approximate surface area is 183 Å². The van der Waals surface area contributed by atoms with Crippen molar-refractivity contribution in [2.24, 2.45) is 5.41 Å². The molecule has 3 rings (SSSR count). The Hall–Kier alpha value is -2.02. The molecular formula is C20H26BrF2N5O2. The first kappa shape index (κ1) is 22.7. The molecule has 2 aliphatic rings. The highest BCUT2D eigenvalue weighted by molar-refractivity contribution is 9.10. The van der Waals surface area contributed by atoms with Gasteiger partial charge in [0.1, 0.15) is 11.7 Å². The van der Waals surface area contributed by atoms with Gasteiger partial charge < -0.3 is 15.0 Å². The number of aryl methyl sites for hydroxylation is 1. The number of piperidine rings is 1. The topological polar surface area (TPSA) is 91.1 Å². The molecule has 1 spiro atoms. The van der Waals surface area contributed by atoms with Gasteiger partial charge in [0.15, 0.2) is 5.69 Å². The number of rotatable bonds is 2. The van der Waals surface area contributed by atoms with Crippen molar-refractivity contribution >= 4 is 28.0 Å². The number of alkyl halides is 2. The van der Waals surface area contributed by atoms with Crippen LogP contribution in [0.5, 0.6) is 0 Å². The number of anilines is 1. The monoisotopic (exact) mass is 485 g/mol. The van der Waals surface area contributed by atoms with Crippen molar-refractivity contribution in [2.75, 3.05) is 18.0 Å². The minimum atomic E-state index is -2.83. The number of nitrogens with one attached hydrogen (secondary N) is 1. The standard InChI is InChI=1S/C20H26BrF2N5O2/c1-12-15(21)13(10-24)26-16(25-12)28-7-5-19(6-8-28)11-20(22,23)9-14(19)27-17(29)30-18(2,3)4/h14H,5-9,11H2,1-4H3,(H,27,29)/t14-/m1/s1. The zero-order chi connectivity index (χ0) is 22.3. The van der Waals surface area contributed by atoms with Crippen molar-refractivity contribution in [1.29, 1.82) is 5.26 Å². The smallest absolute Gasteiger partial charge is 0.407 e. The van der Waals surface area contributed by atoms with Crippen LogP contribution in [0.1, 0.15) is 57.8 Å². The summed E-state index contributed by atoms with van der Waals surface area (Å²) in [7, 11) is 0. The fraction of sp³-hybridized carbons (Fsp3) is 0.700. The van der Waals surface area contributed by atoms with Crippen molar-refractivity contribution in [2.45, 2.75) is 70.9 Å². The normalized spacial score (nSPS) is 22.6. The summed E-state index contributed by atoms with van der Waals surface area (Å²) in [6.45, 7) is 7.92. The quantitative estimate of drug-likeness (QED) is 0.670. The van der Waals surface area contributed by atoms with E-state index in [1.54, 1.807) is 27.7 Å². The summed E-state index contributed by atoms with van der Waals surface area (Å²) in [5, 5.41) is 12.0. The van der Waals surface area contributed by atoms with Gasteiger partial charge in [-0.15, -0.1) is 0 Å². The Balaban J connectivity index is 1.75. The highest BCUT2D eigenvalue weighted by Gasteiger charge is 2.57. The number of nitriles is 1. The first-order valence-electron chi connectivity index (χ1n) is 9.91. The molecule has 7 nitrogen and oxygen atoms in total. The summed E-state index contributed by atoms with van der Waals surface area (Å²) in [6.07, 6.45) is -0.402. The summed E-state index contributed by atoms with van der Waals surface area (Å²) in [5.41, 5.74) is -0.514. The molecule has 1 amide bonds. The third kappa shape index (κ3) is 4.82. The number of nitrogens with zero attached hydrogens (tertiary/aromatic N) is 4. The highest BCUT2D eigenvalue weighted by Crippen LogP contribution is 2.53. The molecule has 1 aromatic heterocycles. The van der Waals surface area contributed by atoms with Crippen molar-refractivity contribution < 1.29 is 18.3 Å². The van der Waals surface area contributed by atoms with Gasteiger partial charge >= 0.3 is 6.09 Å². The Morgan fingerprint density at radius 2 is 1.97 bits per heavy atom. The molecule has 1 saturated heterocycles. The van der Waals surface area contributed by atoms with Crippen LogP contribution < -0.4 is 10.2 Å². The number of alkyl carbamates (subject to hydrolysis) is 1.